The maximum absolute atomic E-state index is 12.0. The predicted molar refractivity (Wildman–Crippen MR) is 91.7 cm³/mol. The zero-order valence-corrected chi connectivity index (χ0v) is 13.4. The number of rotatable bonds is 6. The van der Waals surface area contributed by atoms with Crippen molar-refractivity contribution in [1.29, 1.82) is 5.26 Å². The number of ether oxygens (including phenoxy) is 1. The number of benzene rings is 2. The van der Waals surface area contributed by atoms with Crippen LogP contribution >= 0.6 is 0 Å². The second-order valence-corrected chi connectivity index (χ2v) is 5.36. The van der Waals surface area contributed by atoms with Gasteiger partial charge in [0.1, 0.15) is 18.4 Å². The van der Waals surface area contributed by atoms with Crippen LogP contribution in [0.25, 0.3) is 0 Å². The Morgan fingerprint density at radius 3 is 2.48 bits per heavy atom. The highest BCUT2D eigenvalue weighted by Gasteiger charge is 2.16. The fourth-order valence-electron chi connectivity index (χ4n) is 2.30. The minimum atomic E-state index is -0.763. The Labute approximate surface area is 145 Å². The maximum atomic E-state index is 12.0. The van der Waals surface area contributed by atoms with Crippen molar-refractivity contribution >= 4 is 5.91 Å². The Morgan fingerprint density at radius 1 is 1.08 bits per heavy atom. The quantitative estimate of drug-likeness (QED) is 0.744. The standard InChI is InChI=1S/C20H16N2O3/c21-13-18(22-20(23)19-7-4-12-24-19)16-8-10-17(11-9-16)25-14-15-5-2-1-3-6-15/h1-12,18H,14H2,(H,22,23)/t18-/m0/s1. The molecule has 0 unspecified atom stereocenters. The predicted octanol–water partition coefficient (Wildman–Crippen LogP) is 3.85. The molecule has 0 aliphatic heterocycles. The number of nitrogens with zero attached hydrogens (tertiary/aromatic N) is 1. The van der Waals surface area contributed by atoms with Gasteiger partial charge in [0.2, 0.25) is 0 Å². The third-order valence-corrected chi connectivity index (χ3v) is 3.61. The molecule has 3 rings (SSSR count). The zero-order chi connectivity index (χ0) is 17.5. The summed E-state index contributed by atoms with van der Waals surface area (Å²) in [6.45, 7) is 0.469. The van der Waals surface area contributed by atoms with E-state index in [0.29, 0.717) is 17.9 Å². The highest BCUT2D eigenvalue weighted by Crippen LogP contribution is 2.19. The third kappa shape index (κ3) is 4.27. The van der Waals surface area contributed by atoms with Gasteiger partial charge in [0.05, 0.1) is 12.3 Å². The second-order valence-electron chi connectivity index (χ2n) is 5.36. The van der Waals surface area contributed by atoms with Crippen molar-refractivity contribution in [1.82, 2.24) is 5.32 Å². The van der Waals surface area contributed by atoms with Crippen LogP contribution in [0.15, 0.2) is 77.4 Å². The van der Waals surface area contributed by atoms with Crippen LogP contribution in [0.4, 0.5) is 0 Å². The first kappa shape index (κ1) is 16.3. The van der Waals surface area contributed by atoms with Crippen molar-refractivity contribution in [2.24, 2.45) is 0 Å². The number of nitrogens with one attached hydrogen (secondary N) is 1. The molecule has 0 aliphatic rings. The topological polar surface area (TPSA) is 75.3 Å². The molecule has 5 heteroatoms. The van der Waals surface area contributed by atoms with E-state index < -0.39 is 11.9 Å². The van der Waals surface area contributed by atoms with Crippen LogP contribution in [-0.2, 0) is 6.61 Å². The van der Waals surface area contributed by atoms with Crippen molar-refractivity contribution in [3.8, 4) is 11.8 Å². The van der Waals surface area contributed by atoms with E-state index in [9.17, 15) is 10.1 Å². The second kappa shape index (κ2) is 7.84. The van der Waals surface area contributed by atoms with Gasteiger partial charge in [0.25, 0.3) is 5.91 Å². The normalized spacial score (nSPS) is 11.3. The van der Waals surface area contributed by atoms with Gasteiger partial charge in [-0.3, -0.25) is 4.79 Å². The fourth-order valence-corrected chi connectivity index (χ4v) is 2.30. The van der Waals surface area contributed by atoms with Crippen molar-refractivity contribution < 1.29 is 13.9 Å². The molecule has 25 heavy (non-hydrogen) atoms. The van der Waals surface area contributed by atoms with Gasteiger partial charge in [-0.25, -0.2) is 0 Å². The summed E-state index contributed by atoms with van der Waals surface area (Å²) in [5.74, 6) is 0.436. The molecule has 2 aromatic carbocycles. The Kier molecular flexibility index (Phi) is 5.13. The molecule has 0 spiro atoms. The van der Waals surface area contributed by atoms with Crippen LogP contribution in [0.3, 0.4) is 0 Å². The first-order valence-corrected chi connectivity index (χ1v) is 7.77. The van der Waals surface area contributed by atoms with Crippen molar-refractivity contribution in [2.45, 2.75) is 12.6 Å². The molecule has 0 fully saturated rings. The molecule has 0 saturated carbocycles. The summed E-state index contributed by atoms with van der Waals surface area (Å²) in [5, 5.41) is 11.9. The maximum Gasteiger partial charge on any atom is 0.288 e. The Bertz CT molecular complexity index is 850. The minimum Gasteiger partial charge on any atom is -0.489 e. The molecule has 5 nitrogen and oxygen atoms in total. The molecule has 3 aromatic rings. The lowest BCUT2D eigenvalue weighted by Gasteiger charge is -2.12. The number of hydrogen-bond donors (Lipinski definition) is 1. The number of carbonyl (C=O) groups excluding carboxylic acids is 1. The van der Waals surface area contributed by atoms with E-state index in [1.165, 1.54) is 6.26 Å². The molecule has 1 atom stereocenters. The summed E-state index contributed by atoms with van der Waals surface area (Å²) in [6.07, 6.45) is 1.41. The first-order valence-electron chi connectivity index (χ1n) is 7.77. The van der Waals surface area contributed by atoms with Crippen LogP contribution in [0.1, 0.15) is 27.7 Å². The van der Waals surface area contributed by atoms with Crippen molar-refractivity contribution in [2.75, 3.05) is 0 Å². The summed E-state index contributed by atoms with van der Waals surface area (Å²) in [4.78, 5) is 12.0. The average molecular weight is 332 g/mol. The molecule has 0 bridgehead atoms. The average Bonchev–Trinajstić information content (AvgIpc) is 3.20. The molecule has 0 radical (unpaired) electrons. The van der Waals surface area contributed by atoms with Crippen LogP contribution in [-0.4, -0.2) is 5.91 Å². The summed E-state index contributed by atoms with van der Waals surface area (Å²) in [7, 11) is 0. The fraction of sp³-hybridized carbons (Fsp3) is 0.100. The van der Waals surface area contributed by atoms with Gasteiger partial charge < -0.3 is 14.5 Å². The molecule has 1 amide bonds. The van der Waals surface area contributed by atoms with E-state index in [0.717, 1.165) is 5.56 Å². The number of nitriles is 1. The largest absolute Gasteiger partial charge is 0.489 e. The molecule has 0 saturated heterocycles. The smallest absolute Gasteiger partial charge is 0.288 e. The summed E-state index contributed by atoms with van der Waals surface area (Å²) in [6, 6.07) is 21.4. The van der Waals surface area contributed by atoms with Gasteiger partial charge in [0.15, 0.2) is 5.76 Å². The number of hydrogen-bond acceptors (Lipinski definition) is 4. The van der Waals surface area contributed by atoms with E-state index in [1.54, 1.807) is 36.4 Å². The Morgan fingerprint density at radius 2 is 1.84 bits per heavy atom. The molecule has 124 valence electrons. The highest BCUT2D eigenvalue weighted by atomic mass is 16.5. The lowest BCUT2D eigenvalue weighted by Crippen LogP contribution is -2.27. The van der Waals surface area contributed by atoms with Crippen LogP contribution < -0.4 is 10.1 Å². The molecule has 1 heterocycles. The van der Waals surface area contributed by atoms with E-state index in [4.69, 9.17) is 9.15 Å². The van der Waals surface area contributed by atoms with Crippen molar-refractivity contribution in [3.63, 3.8) is 0 Å². The van der Waals surface area contributed by atoms with Crippen LogP contribution in [0.2, 0.25) is 0 Å². The van der Waals surface area contributed by atoms with E-state index in [2.05, 4.69) is 11.4 Å². The summed E-state index contributed by atoms with van der Waals surface area (Å²) >= 11 is 0. The van der Waals surface area contributed by atoms with Gasteiger partial charge in [-0.2, -0.15) is 5.26 Å². The van der Waals surface area contributed by atoms with Crippen LogP contribution in [0, 0.1) is 11.3 Å². The lowest BCUT2D eigenvalue weighted by atomic mass is 10.1. The molecular formula is C20H16N2O3. The molecule has 1 aromatic heterocycles. The first-order chi connectivity index (χ1) is 12.3. The SMILES string of the molecule is N#C[C@H](NC(=O)c1ccco1)c1ccc(OCc2ccccc2)cc1. The molecule has 1 N–H and O–H groups in total. The van der Waals surface area contributed by atoms with Gasteiger partial charge in [0, 0.05) is 0 Å². The van der Waals surface area contributed by atoms with E-state index in [-0.39, 0.29) is 5.76 Å². The van der Waals surface area contributed by atoms with Crippen molar-refractivity contribution in [3.05, 3.63) is 89.9 Å². The summed E-state index contributed by atoms with van der Waals surface area (Å²) in [5.41, 5.74) is 1.75. The summed E-state index contributed by atoms with van der Waals surface area (Å²) < 4.78 is 10.7. The van der Waals surface area contributed by atoms with Gasteiger partial charge in [-0.15, -0.1) is 0 Å². The van der Waals surface area contributed by atoms with Gasteiger partial charge in [-0.1, -0.05) is 42.5 Å². The lowest BCUT2D eigenvalue weighted by molar-refractivity contribution is 0.0917. The zero-order valence-electron chi connectivity index (χ0n) is 13.4. The minimum absolute atomic E-state index is 0.170. The number of furan rings is 1. The highest BCUT2D eigenvalue weighted by molar-refractivity contribution is 5.91. The monoisotopic (exact) mass is 332 g/mol. The molecule has 0 aliphatic carbocycles. The number of carbonyl (C=O) groups is 1. The Balaban J connectivity index is 1.62. The van der Waals surface area contributed by atoms with Crippen LogP contribution in [0.5, 0.6) is 5.75 Å². The number of amides is 1. The van der Waals surface area contributed by atoms with E-state index in [1.807, 2.05) is 30.3 Å². The van der Waals surface area contributed by atoms with Gasteiger partial charge in [-0.05, 0) is 35.4 Å². The third-order valence-electron chi connectivity index (χ3n) is 3.61. The van der Waals surface area contributed by atoms with E-state index >= 15 is 0 Å². The van der Waals surface area contributed by atoms with Gasteiger partial charge >= 0.3 is 0 Å². The molecular weight excluding hydrogens is 316 g/mol. The Hall–Kier alpha value is -3.52.